The number of hydrogen-bond donors (Lipinski definition) is 3. The summed E-state index contributed by atoms with van der Waals surface area (Å²) in [4.78, 5) is 23.3. The molecule has 0 fully saturated rings. The lowest BCUT2D eigenvalue weighted by Gasteiger charge is -2.33. The topological polar surface area (TPSA) is 87.7 Å². The maximum Gasteiger partial charge on any atom is 0.347 e. The van der Waals surface area contributed by atoms with Crippen molar-refractivity contribution in [2.24, 2.45) is 0 Å². The molecule has 0 bridgehead atoms. The summed E-state index contributed by atoms with van der Waals surface area (Å²) in [5, 5.41) is 4.63. The molecule has 0 aromatic heterocycles. The minimum Gasteiger partial charge on any atom is -0.324 e. The number of aryl methyl sites for hydroxylation is 2. The van der Waals surface area contributed by atoms with Crippen LogP contribution in [0, 0.1) is 13.8 Å². The first-order valence-electron chi connectivity index (χ1n) is 8.67. The van der Waals surface area contributed by atoms with Crippen LogP contribution in [-0.2, 0) is 13.9 Å². The van der Waals surface area contributed by atoms with Crippen LogP contribution in [0.5, 0.6) is 0 Å². The quantitative estimate of drug-likeness (QED) is 0.619. The van der Waals surface area contributed by atoms with Crippen LogP contribution >= 0.6 is 7.60 Å². The van der Waals surface area contributed by atoms with Gasteiger partial charge in [-0.05, 0) is 44.4 Å². The van der Waals surface area contributed by atoms with E-state index in [9.17, 15) is 14.3 Å². The van der Waals surface area contributed by atoms with E-state index in [2.05, 4.69) is 10.6 Å². The van der Waals surface area contributed by atoms with Gasteiger partial charge in [-0.3, -0.25) is 14.7 Å². The molecule has 2 unspecified atom stereocenters. The number of nitrogens with one attached hydrogen (secondary N) is 2. The summed E-state index contributed by atoms with van der Waals surface area (Å²) in [5.41, 5.74) is 3.31. The molecule has 0 spiro atoms. The second kappa shape index (κ2) is 8.36. The zero-order valence-corrected chi connectivity index (χ0v) is 17.2. The van der Waals surface area contributed by atoms with Crippen LogP contribution in [0.1, 0.15) is 36.6 Å². The molecule has 2 aromatic rings. The van der Waals surface area contributed by atoms with Gasteiger partial charge in [0, 0.05) is 12.8 Å². The molecule has 7 heteroatoms. The average molecular weight is 390 g/mol. The lowest BCUT2D eigenvalue weighted by Crippen LogP contribution is -2.46. The smallest absolute Gasteiger partial charge is 0.324 e. The molecule has 0 aliphatic rings. The summed E-state index contributed by atoms with van der Waals surface area (Å²) >= 11 is 0. The molecule has 27 heavy (non-hydrogen) atoms. The highest BCUT2D eigenvalue weighted by Gasteiger charge is 2.43. The van der Waals surface area contributed by atoms with Gasteiger partial charge in [0.05, 0.1) is 0 Å². The van der Waals surface area contributed by atoms with Gasteiger partial charge in [-0.25, -0.2) is 0 Å². The molecule has 2 atom stereocenters. The summed E-state index contributed by atoms with van der Waals surface area (Å²) in [6.07, 6.45) is 0. The molecule has 0 heterocycles. The molecule has 0 saturated carbocycles. The molecular weight excluding hydrogens is 363 g/mol. The third kappa shape index (κ3) is 4.85. The Balaban J connectivity index is 2.39. The van der Waals surface area contributed by atoms with E-state index in [-0.39, 0.29) is 5.91 Å². The first kappa shape index (κ1) is 21.3. The maximum absolute atomic E-state index is 13.1. The third-order valence-electron chi connectivity index (χ3n) is 4.58. The normalized spacial score (nSPS) is 15.0. The first-order chi connectivity index (χ1) is 12.6. The monoisotopic (exact) mass is 390 g/mol. The Hall–Kier alpha value is -1.98. The lowest BCUT2D eigenvalue weighted by atomic mass is 10.0. The molecule has 146 valence electrons. The van der Waals surface area contributed by atoms with Crippen molar-refractivity contribution in [2.45, 2.75) is 39.0 Å². The van der Waals surface area contributed by atoms with E-state index >= 15 is 0 Å². The SMILES string of the molecule is COP(=O)(O)C(C)(C)NC(C(=O)Nc1c(C)cccc1C)c1ccccc1. The fraction of sp³-hybridized carbons (Fsp3) is 0.350. The highest BCUT2D eigenvalue weighted by atomic mass is 31.2. The number of hydrogen-bond acceptors (Lipinski definition) is 4. The van der Waals surface area contributed by atoms with Gasteiger partial charge in [0.1, 0.15) is 11.3 Å². The van der Waals surface area contributed by atoms with Crippen molar-refractivity contribution in [1.29, 1.82) is 0 Å². The molecule has 2 rings (SSSR count). The molecule has 0 radical (unpaired) electrons. The van der Waals surface area contributed by atoms with Crippen molar-refractivity contribution < 1.29 is 18.8 Å². The Labute approximate surface area is 160 Å². The van der Waals surface area contributed by atoms with Gasteiger partial charge in [0.15, 0.2) is 0 Å². The Morgan fingerprint density at radius 1 is 1.07 bits per heavy atom. The van der Waals surface area contributed by atoms with Gasteiger partial charge in [-0.1, -0.05) is 48.5 Å². The van der Waals surface area contributed by atoms with Gasteiger partial charge in [0.2, 0.25) is 5.91 Å². The van der Waals surface area contributed by atoms with Crippen LogP contribution in [0.3, 0.4) is 0 Å². The summed E-state index contributed by atoms with van der Waals surface area (Å²) in [5.74, 6) is -0.317. The Morgan fingerprint density at radius 3 is 2.15 bits per heavy atom. The van der Waals surface area contributed by atoms with Crippen molar-refractivity contribution in [1.82, 2.24) is 5.32 Å². The van der Waals surface area contributed by atoms with E-state index in [0.717, 1.165) is 16.8 Å². The number of carbonyl (C=O) groups excluding carboxylic acids is 1. The molecule has 0 aliphatic heterocycles. The summed E-state index contributed by atoms with van der Waals surface area (Å²) in [6, 6.07) is 14.0. The molecule has 1 amide bonds. The van der Waals surface area contributed by atoms with E-state index in [1.165, 1.54) is 7.11 Å². The fourth-order valence-corrected chi connectivity index (χ4v) is 3.56. The van der Waals surface area contributed by atoms with E-state index in [0.29, 0.717) is 5.56 Å². The van der Waals surface area contributed by atoms with Crippen molar-refractivity contribution in [2.75, 3.05) is 12.4 Å². The molecule has 3 N–H and O–H groups in total. The molecule has 6 nitrogen and oxygen atoms in total. The van der Waals surface area contributed by atoms with E-state index in [1.54, 1.807) is 26.0 Å². The highest BCUT2D eigenvalue weighted by Crippen LogP contribution is 2.53. The highest BCUT2D eigenvalue weighted by molar-refractivity contribution is 7.54. The first-order valence-corrected chi connectivity index (χ1v) is 10.2. The van der Waals surface area contributed by atoms with Gasteiger partial charge in [-0.15, -0.1) is 0 Å². The number of carbonyl (C=O) groups is 1. The Bertz CT molecular complexity index is 832. The maximum atomic E-state index is 13.1. The standard InChI is InChI=1S/C20H27N2O4P/c1-14-10-9-11-15(2)17(14)21-19(23)18(16-12-7-6-8-13-16)22-20(3,4)27(24,25)26-5/h6-13,18,22H,1-5H3,(H,21,23)(H,24,25). The molecule has 0 aliphatic carbocycles. The zero-order valence-electron chi connectivity index (χ0n) is 16.3. The van der Waals surface area contributed by atoms with E-state index in [1.807, 2.05) is 50.2 Å². The molecule has 2 aromatic carbocycles. The van der Waals surface area contributed by atoms with Crippen LogP contribution < -0.4 is 10.6 Å². The number of para-hydroxylation sites is 1. The molecular formula is C20H27N2O4P. The van der Waals surface area contributed by atoms with E-state index < -0.39 is 18.9 Å². The fourth-order valence-electron chi connectivity index (χ4n) is 2.82. The largest absolute Gasteiger partial charge is 0.347 e. The van der Waals surface area contributed by atoms with Crippen molar-refractivity contribution in [3.63, 3.8) is 0 Å². The van der Waals surface area contributed by atoms with Gasteiger partial charge in [-0.2, -0.15) is 0 Å². The van der Waals surface area contributed by atoms with Crippen LogP contribution in [0.2, 0.25) is 0 Å². The second-order valence-corrected chi connectivity index (χ2v) is 9.53. The number of rotatable bonds is 7. The third-order valence-corrected chi connectivity index (χ3v) is 6.61. The Kier molecular flexibility index (Phi) is 6.60. The summed E-state index contributed by atoms with van der Waals surface area (Å²) in [7, 11) is -2.80. The van der Waals surface area contributed by atoms with E-state index in [4.69, 9.17) is 4.52 Å². The second-order valence-electron chi connectivity index (χ2n) is 7.01. The summed E-state index contributed by atoms with van der Waals surface area (Å²) in [6.45, 7) is 6.92. The summed E-state index contributed by atoms with van der Waals surface area (Å²) < 4.78 is 17.2. The number of benzene rings is 2. The minimum atomic E-state index is -3.98. The van der Waals surface area contributed by atoms with Gasteiger partial charge in [0.25, 0.3) is 0 Å². The van der Waals surface area contributed by atoms with Crippen LogP contribution in [-0.4, -0.2) is 23.2 Å². The van der Waals surface area contributed by atoms with Crippen molar-refractivity contribution in [3.05, 3.63) is 65.2 Å². The number of amides is 1. The van der Waals surface area contributed by atoms with Crippen LogP contribution in [0.25, 0.3) is 0 Å². The Morgan fingerprint density at radius 2 is 1.63 bits per heavy atom. The van der Waals surface area contributed by atoms with Crippen LogP contribution in [0.4, 0.5) is 5.69 Å². The van der Waals surface area contributed by atoms with Crippen molar-refractivity contribution in [3.8, 4) is 0 Å². The van der Waals surface area contributed by atoms with Gasteiger partial charge < -0.3 is 14.7 Å². The zero-order chi connectivity index (χ0) is 20.2. The molecule has 0 saturated heterocycles. The average Bonchev–Trinajstić information content (AvgIpc) is 2.63. The van der Waals surface area contributed by atoms with Crippen LogP contribution in [0.15, 0.2) is 48.5 Å². The lowest BCUT2D eigenvalue weighted by molar-refractivity contribution is -0.118. The number of anilines is 1. The predicted molar refractivity (Wildman–Crippen MR) is 108 cm³/mol. The predicted octanol–water partition coefficient (Wildman–Crippen LogP) is 4.14. The van der Waals surface area contributed by atoms with Crippen molar-refractivity contribution >= 4 is 19.2 Å². The minimum absolute atomic E-state index is 0.317. The van der Waals surface area contributed by atoms with Gasteiger partial charge >= 0.3 is 7.60 Å².